The van der Waals surface area contributed by atoms with E-state index in [2.05, 4.69) is 62.4 Å². The number of fused-ring (bicyclic) bond motifs is 2. The van der Waals surface area contributed by atoms with E-state index in [1.807, 2.05) is 12.1 Å². The number of aliphatic carboxylic acids is 1. The molecule has 0 unspecified atom stereocenters. The molecule has 3 atom stereocenters. The summed E-state index contributed by atoms with van der Waals surface area (Å²) in [5.74, 6) is -0.0621. The minimum absolute atomic E-state index is 0.131. The summed E-state index contributed by atoms with van der Waals surface area (Å²) in [6.45, 7) is 4.39. The SMILES string of the molecule is CC1(C)[C@@H]2CC[C@@]1(C(=O)O)[C@H](P(c1ccccc1)c1ccccc1)C2. The predicted molar refractivity (Wildman–Crippen MR) is 104 cm³/mol. The van der Waals surface area contributed by atoms with Gasteiger partial charge in [0.2, 0.25) is 0 Å². The summed E-state index contributed by atoms with van der Waals surface area (Å²) in [4.78, 5) is 12.6. The molecule has 0 aromatic heterocycles. The quantitative estimate of drug-likeness (QED) is 0.828. The molecule has 0 saturated heterocycles. The summed E-state index contributed by atoms with van der Waals surface area (Å²) >= 11 is 0. The van der Waals surface area contributed by atoms with Crippen molar-refractivity contribution in [2.45, 2.75) is 38.8 Å². The molecule has 2 aromatic rings. The van der Waals surface area contributed by atoms with Gasteiger partial charge in [-0.15, -0.1) is 0 Å². The van der Waals surface area contributed by atoms with E-state index in [0.29, 0.717) is 5.92 Å². The Morgan fingerprint density at radius 3 is 1.96 bits per heavy atom. The molecular formula is C22H25O2P. The Morgan fingerprint density at radius 1 is 1.00 bits per heavy atom. The predicted octanol–water partition coefficient (Wildman–Crippen LogP) is 4.40. The fraction of sp³-hybridized carbons (Fsp3) is 0.409. The van der Waals surface area contributed by atoms with E-state index in [-0.39, 0.29) is 11.1 Å². The van der Waals surface area contributed by atoms with Gasteiger partial charge < -0.3 is 5.11 Å². The van der Waals surface area contributed by atoms with Crippen LogP contribution in [0.3, 0.4) is 0 Å². The first kappa shape index (κ1) is 16.8. The van der Waals surface area contributed by atoms with Gasteiger partial charge in [-0.3, -0.25) is 4.79 Å². The first-order valence-electron chi connectivity index (χ1n) is 9.11. The van der Waals surface area contributed by atoms with Crippen molar-refractivity contribution in [3.05, 3.63) is 60.7 Å². The number of carbonyl (C=O) groups is 1. The Hall–Kier alpha value is -1.66. The van der Waals surface area contributed by atoms with Crippen molar-refractivity contribution >= 4 is 24.5 Å². The molecule has 0 spiro atoms. The maximum absolute atomic E-state index is 12.6. The highest BCUT2D eigenvalue weighted by atomic mass is 31.1. The Balaban J connectivity index is 1.88. The summed E-state index contributed by atoms with van der Waals surface area (Å²) in [7, 11) is -0.687. The fourth-order valence-electron chi connectivity index (χ4n) is 5.47. The lowest BCUT2D eigenvalue weighted by Gasteiger charge is -2.42. The van der Waals surface area contributed by atoms with Crippen LogP contribution in [-0.4, -0.2) is 16.7 Å². The molecule has 2 nitrogen and oxygen atoms in total. The number of hydrogen-bond donors (Lipinski definition) is 1. The van der Waals surface area contributed by atoms with Gasteiger partial charge in [0, 0.05) is 5.66 Å². The number of benzene rings is 2. The van der Waals surface area contributed by atoms with Crippen molar-refractivity contribution in [3.63, 3.8) is 0 Å². The molecule has 2 aliphatic rings. The molecule has 0 heterocycles. The number of carboxylic acid groups (broad SMARTS) is 1. The summed E-state index contributed by atoms with van der Waals surface area (Å²) in [5, 5.41) is 13.0. The summed E-state index contributed by atoms with van der Waals surface area (Å²) < 4.78 is 0. The Labute approximate surface area is 151 Å². The maximum atomic E-state index is 12.6. The van der Waals surface area contributed by atoms with Crippen molar-refractivity contribution in [2.24, 2.45) is 16.7 Å². The first-order chi connectivity index (χ1) is 12.0. The summed E-state index contributed by atoms with van der Waals surface area (Å²) in [5.41, 5.74) is -0.526. The van der Waals surface area contributed by atoms with Gasteiger partial charge in [-0.05, 0) is 49.1 Å². The first-order valence-corrected chi connectivity index (χ1v) is 10.5. The second-order valence-electron chi connectivity index (χ2n) is 8.03. The second-order valence-corrected chi connectivity index (χ2v) is 10.4. The molecule has 130 valence electrons. The Morgan fingerprint density at radius 2 is 1.52 bits per heavy atom. The van der Waals surface area contributed by atoms with E-state index < -0.39 is 19.3 Å². The molecular weight excluding hydrogens is 327 g/mol. The normalized spacial score (nSPS) is 29.9. The summed E-state index contributed by atoms with van der Waals surface area (Å²) in [6.07, 6.45) is 2.92. The molecule has 2 saturated carbocycles. The van der Waals surface area contributed by atoms with E-state index in [4.69, 9.17) is 0 Å². The lowest BCUT2D eigenvalue weighted by atomic mass is 9.69. The molecule has 0 aliphatic heterocycles. The van der Waals surface area contributed by atoms with E-state index in [1.54, 1.807) is 0 Å². The Bertz CT molecular complexity index is 732. The minimum Gasteiger partial charge on any atom is -0.481 e. The third kappa shape index (κ3) is 2.30. The lowest BCUT2D eigenvalue weighted by Crippen LogP contribution is -2.46. The van der Waals surface area contributed by atoms with Crippen LogP contribution in [0.15, 0.2) is 60.7 Å². The molecule has 2 fully saturated rings. The molecule has 25 heavy (non-hydrogen) atoms. The molecule has 0 radical (unpaired) electrons. The van der Waals surface area contributed by atoms with E-state index in [1.165, 1.54) is 10.6 Å². The van der Waals surface area contributed by atoms with Gasteiger partial charge in [0.1, 0.15) is 0 Å². The molecule has 2 aliphatic carbocycles. The zero-order valence-electron chi connectivity index (χ0n) is 14.9. The largest absolute Gasteiger partial charge is 0.481 e. The highest BCUT2D eigenvalue weighted by Crippen LogP contribution is 2.72. The topological polar surface area (TPSA) is 37.3 Å². The van der Waals surface area contributed by atoms with Crippen LogP contribution in [0.4, 0.5) is 0 Å². The van der Waals surface area contributed by atoms with Gasteiger partial charge in [-0.1, -0.05) is 74.5 Å². The molecule has 3 heteroatoms. The van der Waals surface area contributed by atoms with Gasteiger partial charge in [0.15, 0.2) is 0 Å². The highest BCUT2D eigenvalue weighted by Gasteiger charge is 2.69. The average Bonchev–Trinajstić information content (AvgIpc) is 3.01. The lowest BCUT2D eigenvalue weighted by molar-refractivity contribution is -0.153. The van der Waals surface area contributed by atoms with Gasteiger partial charge in [0.05, 0.1) is 5.41 Å². The average molecular weight is 352 g/mol. The van der Waals surface area contributed by atoms with Gasteiger partial charge in [-0.2, -0.15) is 0 Å². The summed E-state index contributed by atoms with van der Waals surface area (Å²) in [6, 6.07) is 21.2. The van der Waals surface area contributed by atoms with Crippen molar-refractivity contribution in [2.75, 3.05) is 0 Å². The van der Waals surface area contributed by atoms with Crippen LogP contribution in [0.5, 0.6) is 0 Å². The monoisotopic (exact) mass is 352 g/mol. The van der Waals surface area contributed by atoms with Gasteiger partial charge in [-0.25, -0.2) is 0 Å². The second kappa shape index (κ2) is 5.95. The number of carboxylic acids is 1. The third-order valence-electron chi connectivity index (χ3n) is 6.90. The third-order valence-corrected chi connectivity index (χ3v) is 9.88. The minimum atomic E-state index is -0.687. The number of rotatable bonds is 4. The van der Waals surface area contributed by atoms with Crippen LogP contribution >= 0.6 is 7.92 Å². The smallest absolute Gasteiger partial charge is 0.310 e. The van der Waals surface area contributed by atoms with Crippen molar-refractivity contribution in [3.8, 4) is 0 Å². The number of hydrogen-bond acceptors (Lipinski definition) is 1. The zero-order valence-corrected chi connectivity index (χ0v) is 15.7. The molecule has 0 amide bonds. The van der Waals surface area contributed by atoms with Gasteiger partial charge >= 0.3 is 5.97 Å². The van der Waals surface area contributed by atoms with E-state index in [0.717, 1.165) is 19.3 Å². The van der Waals surface area contributed by atoms with Crippen LogP contribution in [0.25, 0.3) is 0 Å². The Kier molecular flexibility index (Phi) is 4.00. The molecule has 4 rings (SSSR count). The van der Waals surface area contributed by atoms with Gasteiger partial charge in [0.25, 0.3) is 0 Å². The van der Waals surface area contributed by atoms with Crippen LogP contribution < -0.4 is 10.6 Å². The van der Waals surface area contributed by atoms with Crippen LogP contribution in [0.1, 0.15) is 33.1 Å². The highest BCUT2D eigenvalue weighted by molar-refractivity contribution is 7.73. The van der Waals surface area contributed by atoms with Crippen LogP contribution in [-0.2, 0) is 4.79 Å². The zero-order chi connectivity index (χ0) is 17.7. The van der Waals surface area contributed by atoms with Crippen LogP contribution in [0.2, 0.25) is 0 Å². The molecule has 1 N–H and O–H groups in total. The molecule has 2 bridgehead atoms. The standard InChI is InChI=1S/C22H25O2P/c1-21(2)16-13-14-22(21,20(23)24)19(15-16)25(17-9-5-3-6-10-17)18-11-7-4-8-12-18/h3-12,16,19H,13-15H2,1-2H3,(H,23,24)/t16-,19-,22+/m1/s1. The fourth-order valence-corrected chi connectivity index (χ4v) is 8.95. The van der Waals surface area contributed by atoms with Crippen molar-refractivity contribution < 1.29 is 9.90 Å². The van der Waals surface area contributed by atoms with Crippen molar-refractivity contribution in [1.29, 1.82) is 0 Å². The molecule has 2 aromatic carbocycles. The van der Waals surface area contributed by atoms with E-state index >= 15 is 0 Å². The van der Waals surface area contributed by atoms with Crippen molar-refractivity contribution in [1.82, 2.24) is 0 Å². The maximum Gasteiger partial charge on any atom is 0.310 e. The van der Waals surface area contributed by atoms with E-state index in [9.17, 15) is 9.90 Å². The van der Waals surface area contributed by atoms with Crippen LogP contribution in [0, 0.1) is 16.7 Å².